The van der Waals surface area contributed by atoms with Crippen LogP contribution in [0.25, 0.3) is 45.8 Å². The molecule has 5 aromatic rings. The van der Waals surface area contributed by atoms with E-state index in [1.54, 1.807) is 0 Å². The van der Waals surface area contributed by atoms with Crippen LogP contribution in [0.5, 0.6) is 0 Å². The van der Waals surface area contributed by atoms with Crippen LogP contribution < -0.4 is 0 Å². The smallest absolute Gasteiger partial charge is 0.0105 e. The number of hydrogen-bond acceptors (Lipinski definition) is 0. The van der Waals surface area contributed by atoms with Gasteiger partial charge < -0.3 is 0 Å². The van der Waals surface area contributed by atoms with Gasteiger partial charge in [-0.2, -0.15) is 0 Å². The number of aryl methyl sites for hydroxylation is 2. The largest absolute Gasteiger partial charge is 0.0613 e. The van der Waals surface area contributed by atoms with Gasteiger partial charge in [0.15, 0.2) is 0 Å². The Morgan fingerprint density at radius 3 is 1.15 bits per heavy atom. The summed E-state index contributed by atoms with van der Waals surface area (Å²) in [6.45, 7) is 4.38. The molecule has 0 atom stereocenters. The van der Waals surface area contributed by atoms with Gasteiger partial charge in [-0.05, 0) is 79.9 Å². The van der Waals surface area contributed by atoms with E-state index in [1.165, 1.54) is 54.9 Å². The lowest BCUT2D eigenvalue weighted by Crippen LogP contribution is -1.82. The lowest BCUT2D eigenvalue weighted by atomic mass is 9.98. The van der Waals surface area contributed by atoms with Gasteiger partial charge in [-0.15, -0.1) is 0 Å². The Morgan fingerprint density at radius 2 is 0.765 bits per heavy atom. The van der Waals surface area contributed by atoms with Crippen molar-refractivity contribution in [3.8, 4) is 0 Å². The summed E-state index contributed by atoms with van der Waals surface area (Å²) in [5.74, 6) is 0. The highest BCUT2D eigenvalue weighted by Crippen LogP contribution is 2.28. The molecule has 166 valence electrons. The Kier molecular flexibility index (Phi) is 6.40. The lowest BCUT2D eigenvalue weighted by Gasteiger charge is -2.06. The van der Waals surface area contributed by atoms with E-state index in [1.807, 2.05) is 0 Å². The molecule has 0 saturated heterocycles. The molecule has 0 heterocycles. The van der Waals surface area contributed by atoms with E-state index >= 15 is 0 Å². The molecule has 0 aliphatic carbocycles. The fourth-order valence-electron chi connectivity index (χ4n) is 4.43. The van der Waals surface area contributed by atoms with Crippen molar-refractivity contribution < 1.29 is 0 Å². The Labute approximate surface area is 202 Å². The zero-order valence-corrected chi connectivity index (χ0v) is 20.0. The average Bonchev–Trinajstić information content (AvgIpc) is 2.91. The van der Waals surface area contributed by atoms with Gasteiger partial charge in [0.25, 0.3) is 0 Å². The maximum atomic E-state index is 2.28. The topological polar surface area (TPSA) is 0 Å². The van der Waals surface area contributed by atoms with Crippen molar-refractivity contribution >= 4 is 45.8 Å². The molecule has 5 aromatic carbocycles. The van der Waals surface area contributed by atoms with Crippen molar-refractivity contribution in [1.29, 1.82) is 0 Å². The Balaban J connectivity index is 1.39. The molecule has 0 bridgehead atoms. The molecule has 0 amide bonds. The second kappa shape index (κ2) is 9.93. The second-order valence-electron chi connectivity index (χ2n) is 8.88. The van der Waals surface area contributed by atoms with Crippen LogP contribution in [0, 0.1) is 0 Å². The van der Waals surface area contributed by atoms with Crippen LogP contribution in [-0.4, -0.2) is 0 Å². The molecular weight excluding hydrogens is 408 g/mol. The monoisotopic (exact) mass is 438 g/mol. The first kappa shape index (κ1) is 21.9. The van der Waals surface area contributed by atoms with Gasteiger partial charge in [0.05, 0.1) is 0 Å². The SMILES string of the molecule is CCc1ccc(C=Cc2ccc3c(ccc4cc(C=Cc5ccc(CC)cc5)ccc43)c2)cc1. The van der Waals surface area contributed by atoms with Gasteiger partial charge in [0.2, 0.25) is 0 Å². The molecule has 0 aliphatic rings. The van der Waals surface area contributed by atoms with Crippen LogP contribution in [0.2, 0.25) is 0 Å². The minimum atomic E-state index is 1.08. The molecule has 0 N–H and O–H groups in total. The average molecular weight is 439 g/mol. The minimum absolute atomic E-state index is 1.08. The first-order chi connectivity index (χ1) is 16.7. The third kappa shape index (κ3) is 4.87. The van der Waals surface area contributed by atoms with Crippen LogP contribution in [0.1, 0.15) is 47.2 Å². The highest BCUT2D eigenvalue weighted by molar-refractivity contribution is 6.08. The Hall–Kier alpha value is -3.90. The fraction of sp³-hybridized carbons (Fsp3) is 0.118. The van der Waals surface area contributed by atoms with Crippen LogP contribution in [0.15, 0.2) is 97.1 Å². The molecule has 0 aliphatic heterocycles. The molecular formula is C34H30. The van der Waals surface area contributed by atoms with Gasteiger partial charge in [-0.25, -0.2) is 0 Å². The number of hydrogen-bond donors (Lipinski definition) is 0. The van der Waals surface area contributed by atoms with E-state index in [0.29, 0.717) is 0 Å². The van der Waals surface area contributed by atoms with E-state index in [9.17, 15) is 0 Å². The molecule has 0 aromatic heterocycles. The first-order valence-electron chi connectivity index (χ1n) is 12.2. The molecule has 0 fully saturated rings. The summed E-state index contributed by atoms with van der Waals surface area (Å²) in [4.78, 5) is 0. The zero-order valence-electron chi connectivity index (χ0n) is 20.0. The van der Waals surface area contributed by atoms with Gasteiger partial charge in [0, 0.05) is 0 Å². The van der Waals surface area contributed by atoms with Crippen molar-refractivity contribution in [2.24, 2.45) is 0 Å². The summed E-state index contributed by atoms with van der Waals surface area (Å²) in [6, 6.07) is 35.6. The van der Waals surface area contributed by atoms with Crippen LogP contribution in [0.4, 0.5) is 0 Å². The van der Waals surface area contributed by atoms with E-state index in [0.717, 1.165) is 12.8 Å². The zero-order chi connectivity index (χ0) is 23.3. The molecule has 0 saturated carbocycles. The minimum Gasteiger partial charge on any atom is -0.0613 e. The van der Waals surface area contributed by atoms with Crippen molar-refractivity contribution in [2.45, 2.75) is 26.7 Å². The molecule has 0 heteroatoms. The van der Waals surface area contributed by atoms with Crippen molar-refractivity contribution in [2.75, 3.05) is 0 Å². The van der Waals surface area contributed by atoms with Crippen LogP contribution in [0.3, 0.4) is 0 Å². The Morgan fingerprint density at radius 1 is 0.412 bits per heavy atom. The fourth-order valence-corrected chi connectivity index (χ4v) is 4.43. The summed E-state index contributed by atoms with van der Waals surface area (Å²) >= 11 is 0. The number of benzene rings is 5. The third-order valence-electron chi connectivity index (χ3n) is 6.60. The van der Waals surface area contributed by atoms with E-state index in [-0.39, 0.29) is 0 Å². The second-order valence-corrected chi connectivity index (χ2v) is 8.88. The van der Waals surface area contributed by atoms with Crippen LogP contribution >= 0.6 is 0 Å². The summed E-state index contributed by atoms with van der Waals surface area (Å²) in [6.07, 6.45) is 10.9. The highest BCUT2D eigenvalue weighted by Gasteiger charge is 2.02. The number of rotatable bonds is 6. The summed E-state index contributed by atoms with van der Waals surface area (Å²) < 4.78 is 0. The lowest BCUT2D eigenvalue weighted by molar-refractivity contribution is 1.14. The quantitative estimate of drug-likeness (QED) is 0.183. The highest BCUT2D eigenvalue weighted by atomic mass is 14.1. The van der Waals surface area contributed by atoms with E-state index < -0.39 is 0 Å². The summed E-state index contributed by atoms with van der Waals surface area (Å²) in [5.41, 5.74) is 7.66. The van der Waals surface area contributed by atoms with Crippen molar-refractivity contribution in [3.05, 3.63) is 130 Å². The molecule has 0 unspecified atom stereocenters. The first-order valence-corrected chi connectivity index (χ1v) is 12.2. The third-order valence-corrected chi connectivity index (χ3v) is 6.60. The predicted octanol–water partition coefficient (Wildman–Crippen LogP) is 9.46. The van der Waals surface area contributed by atoms with Crippen molar-refractivity contribution in [1.82, 2.24) is 0 Å². The van der Waals surface area contributed by atoms with Gasteiger partial charge >= 0.3 is 0 Å². The number of fused-ring (bicyclic) bond motifs is 3. The molecule has 5 rings (SSSR count). The molecule has 0 radical (unpaired) electrons. The molecule has 0 spiro atoms. The normalized spacial score (nSPS) is 11.8. The summed E-state index contributed by atoms with van der Waals surface area (Å²) in [7, 11) is 0. The van der Waals surface area contributed by atoms with Crippen LogP contribution in [-0.2, 0) is 12.8 Å². The predicted molar refractivity (Wildman–Crippen MR) is 151 cm³/mol. The molecule has 34 heavy (non-hydrogen) atoms. The van der Waals surface area contributed by atoms with Gasteiger partial charge in [-0.3, -0.25) is 0 Å². The standard InChI is InChI=1S/C34H30/c1-3-25-5-9-27(10-6-25)13-15-29-17-21-33-31(23-29)19-20-32-24-30(18-22-34(32)33)16-14-28-11-7-26(4-2)8-12-28/h5-24H,3-4H2,1-2H3. The maximum Gasteiger partial charge on any atom is -0.0105 e. The van der Waals surface area contributed by atoms with Gasteiger partial charge in [0.1, 0.15) is 0 Å². The van der Waals surface area contributed by atoms with E-state index in [2.05, 4.69) is 135 Å². The Bertz CT molecular complexity index is 1360. The maximum absolute atomic E-state index is 2.28. The van der Waals surface area contributed by atoms with E-state index in [4.69, 9.17) is 0 Å². The summed E-state index contributed by atoms with van der Waals surface area (Å²) in [5, 5.41) is 5.14. The van der Waals surface area contributed by atoms with Crippen molar-refractivity contribution in [3.63, 3.8) is 0 Å². The van der Waals surface area contributed by atoms with Gasteiger partial charge in [-0.1, -0.05) is 123 Å². The molecule has 0 nitrogen and oxygen atoms in total.